The average Bonchev–Trinajstić information content (AvgIpc) is 3.15. The molecule has 1 aromatic carbocycles. The second-order valence-corrected chi connectivity index (χ2v) is 7.66. The van der Waals surface area contributed by atoms with Gasteiger partial charge in [0.1, 0.15) is 0 Å². The number of carbonyl (C=O) groups is 2. The highest BCUT2D eigenvalue weighted by Gasteiger charge is 2.20. The zero-order valence-electron chi connectivity index (χ0n) is 18.0. The number of hydrogen-bond donors (Lipinski definition) is 2. The predicted octanol–water partition coefficient (Wildman–Crippen LogP) is 4.21. The number of anilines is 1. The van der Waals surface area contributed by atoms with Crippen molar-refractivity contribution in [3.63, 3.8) is 0 Å². The topological polar surface area (TPSA) is 79.9 Å². The van der Waals surface area contributed by atoms with Crippen LogP contribution in [-0.4, -0.2) is 37.9 Å². The van der Waals surface area contributed by atoms with Crippen LogP contribution in [0.25, 0.3) is 0 Å². The summed E-state index contributed by atoms with van der Waals surface area (Å²) in [7, 11) is 0. The van der Waals surface area contributed by atoms with Crippen LogP contribution < -0.4 is 25.0 Å². The lowest BCUT2D eigenvalue weighted by atomic mass is 10.1. The van der Waals surface area contributed by atoms with Crippen LogP contribution in [0.2, 0.25) is 0 Å². The van der Waals surface area contributed by atoms with E-state index >= 15 is 0 Å². The quantitative estimate of drug-likeness (QED) is 0.511. The summed E-state index contributed by atoms with van der Waals surface area (Å²) in [6.45, 7) is 7.43. The summed E-state index contributed by atoms with van der Waals surface area (Å²) >= 11 is 0. The summed E-state index contributed by atoms with van der Waals surface area (Å²) in [6, 6.07) is 5.43. The summed E-state index contributed by atoms with van der Waals surface area (Å²) in [5, 5.41) is 5.92. The van der Waals surface area contributed by atoms with Crippen molar-refractivity contribution in [1.82, 2.24) is 10.6 Å². The second kappa shape index (κ2) is 12.2. The van der Waals surface area contributed by atoms with Crippen LogP contribution in [-0.2, 0) is 4.79 Å². The Morgan fingerprint density at radius 1 is 1.07 bits per heavy atom. The number of ether oxygens (including phenoxy) is 2. The molecule has 3 amide bonds. The second-order valence-electron chi connectivity index (χ2n) is 7.66. The molecule has 7 heteroatoms. The van der Waals surface area contributed by atoms with Crippen molar-refractivity contribution < 1.29 is 19.1 Å². The average molecular weight is 406 g/mol. The van der Waals surface area contributed by atoms with Crippen molar-refractivity contribution in [2.24, 2.45) is 0 Å². The molecule has 162 valence electrons. The summed E-state index contributed by atoms with van der Waals surface area (Å²) in [6.07, 6.45) is 6.62. The summed E-state index contributed by atoms with van der Waals surface area (Å²) < 4.78 is 10.8. The number of hydrogen-bond acceptors (Lipinski definition) is 4. The van der Waals surface area contributed by atoms with E-state index in [4.69, 9.17) is 9.47 Å². The third kappa shape index (κ3) is 7.83. The predicted molar refractivity (Wildman–Crippen MR) is 115 cm³/mol. The first-order valence-electron chi connectivity index (χ1n) is 10.8. The Bertz CT molecular complexity index is 663. The summed E-state index contributed by atoms with van der Waals surface area (Å²) in [5.41, 5.74) is 0.771. The smallest absolute Gasteiger partial charge is 0.322 e. The lowest BCUT2D eigenvalue weighted by Gasteiger charge is -2.24. The molecule has 1 aliphatic heterocycles. The molecule has 7 nitrogen and oxygen atoms in total. The fraction of sp³-hybridized carbons (Fsp3) is 0.636. The zero-order chi connectivity index (χ0) is 21.1. The molecule has 29 heavy (non-hydrogen) atoms. The van der Waals surface area contributed by atoms with E-state index in [0.717, 1.165) is 31.4 Å². The van der Waals surface area contributed by atoms with Crippen LogP contribution in [0.3, 0.4) is 0 Å². The van der Waals surface area contributed by atoms with E-state index in [1.807, 2.05) is 32.0 Å². The molecule has 0 aromatic heterocycles. The van der Waals surface area contributed by atoms with E-state index in [-0.39, 0.29) is 24.8 Å². The molecule has 1 heterocycles. The van der Waals surface area contributed by atoms with E-state index in [0.29, 0.717) is 31.0 Å². The van der Waals surface area contributed by atoms with Crippen molar-refractivity contribution in [1.29, 1.82) is 0 Å². The summed E-state index contributed by atoms with van der Waals surface area (Å²) in [5.74, 6) is 1.46. The Kier molecular flexibility index (Phi) is 9.60. The minimum Gasteiger partial charge on any atom is -0.454 e. The number of nitrogens with zero attached hydrogens (tertiary/aromatic N) is 1. The molecule has 1 aliphatic rings. The lowest BCUT2D eigenvalue weighted by Crippen LogP contribution is -2.43. The van der Waals surface area contributed by atoms with E-state index in [2.05, 4.69) is 17.6 Å². The number of carbonyl (C=O) groups excluding carboxylic acids is 2. The fourth-order valence-corrected chi connectivity index (χ4v) is 3.15. The first kappa shape index (κ1) is 22.8. The van der Waals surface area contributed by atoms with Gasteiger partial charge in [0, 0.05) is 37.3 Å². The maximum atomic E-state index is 12.7. The van der Waals surface area contributed by atoms with Gasteiger partial charge in [-0.2, -0.15) is 0 Å². The molecule has 0 saturated carbocycles. The normalized spacial score (nSPS) is 12.1. The monoisotopic (exact) mass is 405 g/mol. The van der Waals surface area contributed by atoms with Crippen molar-refractivity contribution in [2.45, 2.75) is 71.8 Å². The molecule has 0 aliphatic carbocycles. The van der Waals surface area contributed by atoms with Crippen LogP contribution in [0.15, 0.2) is 18.2 Å². The van der Waals surface area contributed by atoms with Gasteiger partial charge < -0.3 is 20.1 Å². The molecular formula is C22H35N3O4. The number of fused-ring (bicyclic) bond motifs is 1. The molecular weight excluding hydrogens is 370 g/mol. The van der Waals surface area contributed by atoms with Gasteiger partial charge in [0.05, 0.1) is 0 Å². The maximum absolute atomic E-state index is 12.7. The van der Waals surface area contributed by atoms with Crippen molar-refractivity contribution in [3.05, 3.63) is 18.2 Å². The largest absolute Gasteiger partial charge is 0.454 e. The number of rotatable bonds is 12. The number of nitrogens with one attached hydrogen (secondary N) is 2. The van der Waals surface area contributed by atoms with Gasteiger partial charge in [-0.1, -0.05) is 26.2 Å². The van der Waals surface area contributed by atoms with Gasteiger partial charge in [-0.15, -0.1) is 0 Å². The molecule has 0 radical (unpaired) electrons. The standard InChI is InChI=1S/C22H35N3O4/c1-4-5-6-7-10-21(26)23-13-8-9-14-25(22(27)24-17(2)3)18-11-12-19-20(15-18)29-16-28-19/h11-12,15,17H,4-10,13-14,16H2,1-3H3,(H,23,26)(H,24,27). The van der Waals surface area contributed by atoms with Crippen LogP contribution in [0, 0.1) is 0 Å². The van der Waals surface area contributed by atoms with E-state index in [1.54, 1.807) is 4.90 Å². The first-order chi connectivity index (χ1) is 14.0. The fourth-order valence-electron chi connectivity index (χ4n) is 3.15. The van der Waals surface area contributed by atoms with Crippen LogP contribution in [0.1, 0.15) is 65.7 Å². The molecule has 0 spiro atoms. The van der Waals surface area contributed by atoms with Gasteiger partial charge in [0.2, 0.25) is 12.7 Å². The minimum absolute atomic E-state index is 0.0472. The van der Waals surface area contributed by atoms with Crippen LogP contribution >= 0.6 is 0 Å². The number of urea groups is 1. The van der Waals surface area contributed by atoms with Crippen LogP contribution in [0.4, 0.5) is 10.5 Å². The van der Waals surface area contributed by atoms with E-state index in [9.17, 15) is 9.59 Å². The zero-order valence-corrected chi connectivity index (χ0v) is 18.0. The maximum Gasteiger partial charge on any atom is 0.322 e. The molecule has 0 fully saturated rings. The molecule has 0 bridgehead atoms. The molecule has 0 unspecified atom stereocenters. The SMILES string of the molecule is CCCCCCC(=O)NCCCCN(C(=O)NC(C)C)c1ccc2c(c1)OCO2. The highest BCUT2D eigenvalue weighted by Crippen LogP contribution is 2.35. The Morgan fingerprint density at radius 3 is 2.62 bits per heavy atom. The number of unbranched alkanes of at least 4 members (excludes halogenated alkanes) is 4. The van der Waals surface area contributed by atoms with Crippen molar-refractivity contribution in [2.75, 3.05) is 24.8 Å². The van der Waals surface area contributed by atoms with Crippen LogP contribution in [0.5, 0.6) is 11.5 Å². The number of amides is 3. The molecule has 0 saturated heterocycles. The van der Waals surface area contributed by atoms with Crippen molar-refractivity contribution >= 4 is 17.6 Å². The minimum atomic E-state index is -0.140. The summed E-state index contributed by atoms with van der Waals surface area (Å²) in [4.78, 5) is 26.2. The van der Waals surface area contributed by atoms with E-state index in [1.165, 1.54) is 12.8 Å². The van der Waals surface area contributed by atoms with Gasteiger partial charge in [-0.3, -0.25) is 9.69 Å². The highest BCUT2D eigenvalue weighted by atomic mass is 16.7. The van der Waals surface area contributed by atoms with Gasteiger partial charge in [0.15, 0.2) is 11.5 Å². The molecule has 1 aromatic rings. The lowest BCUT2D eigenvalue weighted by molar-refractivity contribution is -0.121. The van der Waals surface area contributed by atoms with Gasteiger partial charge in [0.25, 0.3) is 0 Å². The van der Waals surface area contributed by atoms with Crippen molar-refractivity contribution in [3.8, 4) is 11.5 Å². The van der Waals surface area contributed by atoms with Gasteiger partial charge in [-0.05, 0) is 45.2 Å². The Labute approximate surface area is 174 Å². The van der Waals surface area contributed by atoms with Gasteiger partial charge >= 0.3 is 6.03 Å². The Balaban J connectivity index is 1.81. The Hall–Kier alpha value is -2.44. The third-order valence-electron chi connectivity index (χ3n) is 4.71. The molecule has 2 N–H and O–H groups in total. The third-order valence-corrected chi connectivity index (χ3v) is 4.71. The van der Waals surface area contributed by atoms with E-state index < -0.39 is 0 Å². The Morgan fingerprint density at radius 2 is 1.86 bits per heavy atom. The van der Waals surface area contributed by atoms with Gasteiger partial charge in [-0.25, -0.2) is 4.79 Å². The first-order valence-corrected chi connectivity index (χ1v) is 10.8. The number of benzene rings is 1. The molecule has 0 atom stereocenters. The molecule has 2 rings (SSSR count). The highest BCUT2D eigenvalue weighted by molar-refractivity contribution is 5.92.